The summed E-state index contributed by atoms with van der Waals surface area (Å²) in [7, 11) is 3.57. The number of hydrogen-bond donors (Lipinski definition) is 1. The first kappa shape index (κ1) is 12.5. The van der Waals surface area contributed by atoms with E-state index in [9.17, 15) is 4.79 Å². The highest BCUT2D eigenvalue weighted by Gasteiger charge is 2.36. The molecule has 4 nitrogen and oxygen atoms in total. The Hall–Kier alpha value is -0.610. The second-order valence-electron chi connectivity index (χ2n) is 4.65. The van der Waals surface area contributed by atoms with Crippen molar-refractivity contribution in [2.75, 3.05) is 27.2 Å². The highest BCUT2D eigenvalue weighted by Crippen LogP contribution is 2.24. The molecule has 1 aliphatic heterocycles. The van der Waals surface area contributed by atoms with E-state index in [1.807, 2.05) is 0 Å². The van der Waals surface area contributed by atoms with Gasteiger partial charge in [-0.3, -0.25) is 4.79 Å². The van der Waals surface area contributed by atoms with Crippen LogP contribution >= 0.6 is 0 Å². The fourth-order valence-corrected chi connectivity index (χ4v) is 1.75. The predicted molar refractivity (Wildman–Crippen MR) is 59.7 cm³/mol. The van der Waals surface area contributed by atoms with Gasteiger partial charge in [0.25, 0.3) is 0 Å². The van der Waals surface area contributed by atoms with E-state index in [-0.39, 0.29) is 17.6 Å². The van der Waals surface area contributed by atoms with Gasteiger partial charge < -0.3 is 15.0 Å². The maximum absolute atomic E-state index is 11.4. The molecule has 0 aliphatic carbocycles. The van der Waals surface area contributed by atoms with Crippen LogP contribution in [0.1, 0.15) is 26.7 Å². The van der Waals surface area contributed by atoms with Crippen LogP contribution in [-0.4, -0.2) is 49.7 Å². The van der Waals surface area contributed by atoms with Gasteiger partial charge in [-0.15, -0.1) is 0 Å². The molecule has 0 spiro atoms. The maximum Gasteiger partial charge on any atom is 0.223 e. The molecule has 1 amide bonds. The summed E-state index contributed by atoms with van der Waals surface area (Å²) in [5, 5.41) is 3.42. The Morgan fingerprint density at radius 1 is 1.60 bits per heavy atom. The molecule has 0 aromatic carbocycles. The fourth-order valence-electron chi connectivity index (χ4n) is 1.75. The third-order valence-electron chi connectivity index (χ3n) is 3.25. The van der Waals surface area contributed by atoms with Gasteiger partial charge in [0.1, 0.15) is 0 Å². The average molecular weight is 214 g/mol. The van der Waals surface area contributed by atoms with Gasteiger partial charge in [-0.25, -0.2) is 0 Å². The van der Waals surface area contributed by atoms with Crippen molar-refractivity contribution in [3.63, 3.8) is 0 Å². The number of carbonyl (C=O) groups excluding carboxylic acids is 1. The highest BCUT2D eigenvalue weighted by atomic mass is 16.5. The third kappa shape index (κ3) is 3.18. The standard InChI is InChI=1S/C11H22N2O2/c1-9-11(2,6-8-15-9)12-7-5-10(14)13(3)4/h9,12H,5-8H2,1-4H3. The monoisotopic (exact) mass is 214 g/mol. The van der Waals surface area contributed by atoms with Gasteiger partial charge in [0, 0.05) is 39.2 Å². The molecule has 0 bridgehead atoms. The summed E-state index contributed by atoms with van der Waals surface area (Å²) in [6.45, 7) is 5.77. The minimum Gasteiger partial charge on any atom is -0.377 e. The van der Waals surface area contributed by atoms with Crippen LogP contribution in [0.4, 0.5) is 0 Å². The van der Waals surface area contributed by atoms with Crippen molar-refractivity contribution in [1.29, 1.82) is 0 Å². The summed E-state index contributed by atoms with van der Waals surface area (Å²) in [5.74, 6) is 0.165. The molecule has 1 N–H and O–H groups in total. The minimum absolute atomic E-state index is 0.0343. The molecule has 15 heavy (non-hydrogen) atoms. The van der Waals surface area contributed by atoms with E-state index >= 15 is 0 Å². The van der Waals surface area contributed by atoms with E-state index in [2.05, 4.69) is 19.2 Å². The number of nitrogens with one attached hydrogen (secondary N) is 1. The van der Waals surface area contributed by atoms with Crippen LogP contribution < -0.4 is 5.32 Å². The Morgan fingerprint density at radius 3 is 2.73 bits per heavy atom. The molecular weight excluding hydrogens is 192 g/mol. The van der Waals surface area contributed by atoms with E-state index in [1.165, 1.54) is 0 Å². The smallest absolute Gasteiger partial charge is 0.223 e. The Kier molecular flexibility index (Phi) is 4.11. The summed E-state index contributed by atoms with van der Waals surface area (Å²) in [4.78, 5) is 13.0. The van der Waals surface area contributed by atoms with E-state index in [0.29, 0.717) is 6.42 Å². The average Bonchev–Trinajstić information content (AvgIpc) is 2.47. The summed E-state index contributed by atoms with van der Waals surface area (Å²) in [6.07, 6.45) is 1.80. The number of rotatable bonds is 4. The molecule has 1 saturated heterocycles. The molecule has 1 rings (SSSR count). The molecule has 0 aromatic rings. The van der Waals surface area contributed by atoms with Crippen LogP contribution in [-0.2, 0) is 9.53 Å². The zero-order valence-electron chi connectivity index (χ0n) is 10.2. The third-order valence-corrected chi connectivity index (χ3v) is 3.25. The van der Waals surface area contributed by atoms with Crippen LogP contribution in [0, 0.1) is 0 Å². The van der Waals surface area contributed by atoms with Crippen molar-refractivity contribution in [3.8, 4) is 0 Å². The van der Waals surface area contributed by atoms with Gasteiger partial charge >= 0.3 is 0 Å². The SMILES string of the molecule is CC1OCCC1(C)NCCC(=O)N(C)C. The van der Waals surface area contributed by atoms with Crippen molar-refractivity contribution in [2.45, 2.75) is 38.3 Å². The van der Waals surface area contributed by atoms with Gasteiger partial charge in [-0.1, -0.05) is 0 Å². The Bertz CT molecular complexity index is 231. The Morgan fingerprint density at radius 2 is 2.27 bits per heavy atom. The van der Waals surface area contributed by atoms with Crippen molar-refractivity contribution in [3.05, 3.63) is 0 Å². The van der Waals surface area contributed by atoms with Gasteiger partial charge in [0.15, 0.2) is 0 Å². The summed E-state index contributed by atoms with van der Waals surface area (Å²) < 4.78 is 5.52. The molecule has 0 saturated carbocycles. The molecule has 0 radical (unpaired) electrons. The number of nitrogens with zero attached hydrogens (tertiary/aromatic N) is 1. The molecule has 2 atom stereocenters. The number of amides is 1. The van der Waals surface area contributed by atoms with E-state index < -0.39 is 0 Å². The Balaban J connectivity index is 2.28. The minimum atomic E-state index is 0.0343. The van der Waals surface area contributed by atoms with Crippen molar-refractivity contribution in [1.82, 2.24) is 10.2 Å². The first-order chi connectivity index (χ1) is 6.96. The van der Waals surface area contributed by atoms with Crippen LogP contribution in [0.5, 0.6) is 0 Å². The fraction of sp³-hybridized carbons (Fsp3) is 0.909. The first-order valence-electron chi connectivity index (χ1n) is 5.52. The molecule has 88 valence electrons. The Labute approximate surface area is 92.0 Å². The molecule has 1 fully saturated rings. The van der Waals surface area contributed by atoms with Gasteiger partial charge in [-0.2, -0.15) is 0 Å². The number of hydrogen-bond acceptors (Lipinski definition) is 3. The molecule has 0 aromatic heterocycles. The lowest BCUT2D eigenvalue weighted by Gasteiger charge is -2.29. The zero-order valence-corrected chi connectivity index (χ0v) is 10.2. The summed E-state index contributed by atoms with van der Waals surface area (Å²) in [6, 6.07) is 0. The normalized spacial score (nSPS) is 30.5. The van der Waals surface area contributed by atoms with Crippen molar-refractivity contribution < 1.29 is 9.53 Å². The van der Waals surface area contributed by atoms with E-state index in [1.54, 1.807) is 19.0 Å². The zero-order chi connectivity index (χ0) is 11.5. The highest BCUT2D eigenvalue weighted by molar-refractivity contribution is 5.75. The van der Waals surface area contributed by atoms with Gasteiger partial charge in [0.2, 0.25) is 5.91 Å². The molecule has 1 aliphatic rings. The number of carbonyl (C=O) groups is 1. The largest absolute Gasteiger partial charge is 0.377 e. The second-order valence-corrected chi connectivity index (χ2v) is 4.65. The van der Waals surface area contributed by atoms with E-state index in [0.717, 1.165) is 19.6 Å². The molecule has 4 heteroatoms. The summed E-state index contributed by atoms with van der Waals surface area (Å²) >= 11 is 0. The van der Waals surface area contributed by atoms with Crippen LogP contribution in [0.2, 0.25) is 0 Å². The van der Waals surface area contributed by atoms with Crippen molar-refractivity contribution in [2.24, 2.45) is 0 Å². The first-order valence-corrected chi connectivity index (χ1v) is 5.52. The lowest BCUT2D eigenvalue weighted by molar-refractivity contribution is -0.128. The van der Waals surface area contributed by atoms with Crippen LogP contribution in [0.15, 0.2) is 0 Å². The lowest BCUT2D eigenvalue weighted by atomic mass is 9.94. The number of ether oxygens (including phenoxy) is 1. The van der Waals surface area contributed by atoms with Crippen molar-refractivity contribution >= 4 is 5.91 Å². The molecule has 2 unspecified atom stereocenters. The maximum atomic E-state index is 11.4. The summed E-state index contributed by atoms with van der Waals surface area (Å²) in [5.41, 5.74) is 0.0343. The van der Waals surface area contributed by atoms with Gasteiger partial charge in [-0.05, 0) is 20.3 Å². The topological polar surface area (TPSA) is 41.6 Å². The predicted octanol–water partition coefficient (Wildman–Crippen LogP) is 0.622. The lowest BCUT2D eigenvalue weighted by Crippen LogP contribution is -2.48. The van der Waals surface area contributed by atoms with Gasteiger partial charge in [0.05, 0.1) is 6.10 Å². The van der Waals surface area contributed by atoms with Crippen LogP contribution in [0.25, 0.3) is 0 Å². The van der Waals surface area contributed by atoms with Crippen LogP contribution in [0.3, 0.4) is 0 Å². The quantitative estimate of drug-likeness (QED) is 0.746. The van der Waals surface area contributed by atoms with E-state index in [4.69, 9.17) is 4.74 Å². The molecule has 1 heterocycles. The molecular formula is C11H22N2O2. The second kappa shape index (κ2) is 4.94.